The summed E-state index contributed by atoms with van der Waals surface area (Å²) in [5, 5.41) is 4.61. The molecule has 142 valence electrons. The van der Waals surface area contributed by atoms with Gasteiger partial charge in [0.05, 0.1) is 4.91 Å². The monoisotopic (exact) mass is 375 g/mol. The first-order valence-electron chi connectivity index (χ1n) is 8.69. The molecule has 5 heteroatoms. The Labute approximate surface area is 161 Å². The van der Waals surface area contributed by atoms with Crippen molar-refractivity contribution >= 4 is 23.7 Å². The second-order valence-corrected chi connectivity index (χ2v) is 9.35. The zero-order valence-corrected chi connectivity index (χ0v) is 17.5. The molecule has 1 aliphatic rings. The minimum atomic E-state index is -0.112. The van der Waals surface area contributed by atoms with E-state index in [2.05, 4.69) is 59.0 Å². The molecule has 2 rings (SSSR count). The highest BCUT2D eigenvalue weighted by Crippen LogP contribution is 2.41. The van der Waals surface area contributed by atoms with Crippen molar-refractivity contribution in [3.8, 4) is 5.75 Å². The van der Waals surface area contributed by atoms with Crippen LogP contribution in [0.1, 0.15) is 58.2 Å². The number of amides is 1. The van der Waals surface area contributed by atoms with Crippen LogP contribution < -0.4 is 10.1 Å². The molecule has 0 bridgehead atoms. The minimum Gasteiger partial charge on any atom is -0.467 e. The number of carbonyl (C=O) groups is 1. The summed E-state index contributed by atoms with van der Waals surface area (Å²) in [5.41, 5.74) is 2.98. The molecule has 0 fully saturated rings. The fraction of sp³-hybridized carbons (Fsp3) is 0.476. The standard InChI is InChI=1S/C21H29NO3S/c1-20(2,3)15-10-14(12-17-19(23)22-8-9-26-17)11-16(21(4,5)6)18(15)25-13-24-7/h8-12H,13H2,1-7H3,(H,22,23)/b17-12-. The van der Waals surface area contributed by atoms with Crippen molar-refractivity contribution in [2.24, 2.45) is 0 Å². The Morgan fingerprint density at radius 3 is 2.12 bits per heavy atom. The van der Waals surface area contributed by atoms with E-state index in [0.717, 1.165) is 22.4 Å². The fourth-order valence-electron chi connectivity index (χ4n) is 2.71. The largest absolute Gasteiger partial charge is 0.467 e. The van der Waals surface area contributed by atoms with Gasteiger partial charge in [-0.1, -0.05) is 53.3 Å². The van der Waals surface area contributed by atoms with E-state index in [0.29, 0.717) is 4.91 Å². The van der Waals surface area contributed by atoms with Crippen LogP contribution in [0.25, 0.3) is 6.08 Å². The Balaban J connectivity index is 2.66. The van der Waals surface area contributed by atoms with E-state index in [1.54, 1.807) is 13.3 Å². The third-order valence-corrected chi connectivity index (χ3v) is 4.88. The van der Waals surface area contributed by atoms with E-state index in [9.17, 15) is 4.79 Å². The quantitative estimate of drug-likeness (QED) is 0.598. The van der Waals surface area contributed by atoms with Gasteiger partial charge in [0.15, 0.2) is 6.79 Å². The lowest BCUT2D eigenvalue weighted by atomic mass is 9.78. The maximum absolute atomic E-state index is 12.1. The van der Waals surface area contributed by atoms with Crippen LogP contribution in [0.2, 0.25) is 0 Å². The van der Waals surface area contributed by atoms with E-state index in [-0.39, 0.29) is 23.5 Å². The van der Waals surface area contributed by atoms with Crippen LogP contribution in [0, 0.1) is 0 Å². The molecule has 26 heavy (non-hydrogen) atoms. The van der Waals surface area contributed by atoms with E-state index in [1.807, 2.05) is 11.5 Å². The molecule has 0 atom stereocenters. The van der Waals surface area contributed by atoms with Crippen LogP contribution in [-0.2, 0) is 20.4 Å². The van der Waals surface area contributed by atoms with E-state index < -0.39 is 0 Å². The summed E-state index contributed by atoms with van der Waals surface area (Å²) in [6.45, 7) is 13.2. The molecule has 0 unspecified atom stereocenters. The van der Waals surface area contributed by atoms with Gasteiger partial charge in [0, 0.05) is 24.4 Å². The van der Waals surface area contributed by atoms with Crippen molar-refractivity contribution in [1.82, 2.24) is 5.32 Å². The van der Waals surface area contributed by atoms with Gasteiger partial charge in [-0.05, 0) is 40.0 Å². The molecule has 1 heterocycles. The smallest absolute Gasteiger partial charge is 0.261 e. The highest BCUT2D eigenvalue weighted by Gasteiger charge is 2.28. The van der Waals surface area contributed by atoms with Crippen LogP contribution in [0.15, 0.2) is 28.6 Å². The molecule has 0 saturated carbocycles. The van der Waals surface area contributed by atoms with Crippen molar-refractivity contribution in [3.05, 3.63) is 45.3 Å². The number of ether oxygens (including phenoxy) is 2. The van der Waals surface area contributed by atoms with Gasteiger partial charge in [0.1, 0.15) is 5.75 Å². The predicted molar refractivity (Wildman–Crippen MR) is 109 cm³/mol. The predicted octanol–water partition coefficient (Wildman–Crippen LogP) is 4.94. The Bertz CT molecular complexity index is 702. The van der Waals surface area contributed by atoms with E-state index in [4.69, 9.17) is 9.47 Å². The van der Waals surface area contributed by atoms with Crippen molar-refractivity contribution < 1.29 is 14.3 Å². The molecule has 0 radical (unpaired) electrons. The molecule has 0 aliphatic carbocycles. The second-order valence-electron chi connectivity index (χ2n) is 8.40. The Hall–Kier alpha value is -1.72. The molecular weight excluding hydrogens is 346 g/mol. The summed E-state index contributed by atoms with van der Waals surface area (Å²) in [5.74, 6) is 0.793. The molecule has 0 spiro atoms. The van der Waals surface area contributed by atoms with Gasteiger partial charge in [-0.3, -0.25) is 4.79 Å². The zero-order valence-electron chi connectivity index (χ0n) is 16.7. The molecule has 1 aromatic carbocycles. The van der Waals surface area contributed by atoms with Crippen LogP contribution in [0.4, 0.5) is 0 Å². The maximum Gasteiger partial charge on any atom is 0.261 e. The van der Waals surface area contributed by atoms with Gasteiger partial charge in [0.2, 0.25) is 0 Å². The van der Waals surface area contributed by atoms with Crippen LogP contribution in [0.3, 0.4) is 0 Å². The number of benzene rings is 1. The van der Waals surface area contributed by atoms with Crippen LogP contribution in [-0.4, -0.2) is 19.8 Å². The molecule has 1 aromatic rings. The SMILES string of the molecule is COCOc1c(C(C)(C)C)cc(/C=C2\SC=CNC2=O)cc1C(C)(C)C. The summed E-state index contributed by atoms with van der Waals surface area (Å²) in [6.07, 6.45) is 3.60. The Kier molecular flexibility index (Phi) is 6.25. The lowest BCUT2D eigenvalue weighted by Crippen LogP contribution is -2.21. The van der Waals surface area contributed by atoms with Gasteiger partial charge in [-0.2, -0.15) is 0 Å². The molecule has 4 nitrogen and oxygen atoms in total. The number of hydrogen-bond acceptors (Lipinski definition) is 4. The van der Waals surface area contributed by atoms with Gasteiger partial charge in [0.25, 0.3) is 5.91 Å². The lowest BCUT2D eigenvalue weighted by molar-refractivity contribution is -0.115. The first-order chi connectivity index (χ1) is 12.0. The first kappa shape index (κ1) is 20.6. The van der Waals surface area contributed by atoms with Gasteiger partial charge in [-0.25, -0.2) is 0 Å². The van der Waals surface area contributed by atoms with E-state index in [1.165, 1.54) is 11.8 Å². The molecule has 0 aromatic heterocycles. The number of rotatable bonds is 4. The summed E-state index contributed by atoms with van der Waals surface area (Å²) in [4.78, 5) is 12.8. The Morgan fingerprint density at radius 1 is 1.08 bits per heavy atom. The number of carbonyl (C=O) groups excluding carboxylic acids is 1. The minimum absolute atomic E-state index is 0.0770. The average molecular weight is 376 g/mol. The zero-order chi connectivity index (χ0) is 19.5. The number of methoxy groups -OCH3 is 1. The highest BCUT2D eigenvalue weighted by molar-refractivity contribution is 8.06. The number of thioether (sulfide) groups is 1. The fourth-order valence-corrected chi connectivity index (χ4v) is 3.37. The van der Waals surface area contributed by atoms with Crippen molar-refractivity contribution in [1.29, 1.82) is 0 Å². The highest BCUT2D eigenvalue weighted by atomic mass is 32.2. The molecule has 1 N–H and O–H groups in total. The lowest BCUT2D eigenvalue weighted by Gasteiger charge is -2.30. The van der Waals surface area contributed by atoms with Gasteiger partial charge in [-0.15, -0.1) is 0 Å². The summed E-state index contributed by atoms with van der Waals surface area (Å²) < 4.78 is 11.1. The van der Waals surface area contributed by atoms with Crippen molar-refractivity contribution in [2.45, 2.75) is 52.4 Å². The Morgan fingerprint density at radius 2 is 1.65 bits per heavy atom. The van der Waals surface area contributed by atoms with Crippen LogP contribution in [0.5, 0.6) is 5.75 Å². The number of hydrogen-bond donors (Lipinski definition) is 1. The summed E-state index contributed by atoms with van der Waals surface area (Å²) in [7, 11) is 1.62. The number of nitrogens with one attached hydrogen (secondary N) is 1. The van der Waals surface area contributed by atoms with E-state index >= 15 is 0 Å². The second kappa shape index (κ2) is 7.89. The van der Waals surface area contributed by atoms with Gasteiger partial charge >= 0.3 is 0 Å². The summed E-state index contributed by atoms with van der Waals surface area (Å²) >= 11 is 1.43. The van der Waals surface area contributed by atoms with Gasteiger partial charge < -0.3 is 14.8 Å². The van der Waals surface area contributed by atoms with Crippen molar-refractivity contribution in [2.75, 3.05) is 13.9 Å². The van der Waals surface area contributed by atoms with Crippen LogP contribution >= 0.6 is 11.8 Å². The first-order valence-corrected chi connectivity index (χ1v) is 9.57. The maximum atomic E-state index is 12.1. The molecular formula is C21H29NO3S. The third kappa shape index (κ3) is 4.92. The molecule has 1 amide bonds. The van der Waals surface area contributed by atoms with Crippen molar-refractivity contribution in [3.63, 3.8) is 0 Å². The topological polar surface area (TPSA) is 47.6 Å². The molecule has 1 aliphatic heterocycles. The summed E-state index contributed by atoms with van der Waals surface area (Å²) in [6, 6.07) is 4.22. The average Bonchev–Trinajstić information content (AvgIpc) is 2.53. The normalized spacial score (nSPS) is 16.7. The third-order valence-electron chi connectivity index (χ3n) is 4.05. The molecule has 0 saturated heterocycles.